The summed E-state index contributed by atoms with van der Waals surface area (Å²) in [6, 6.07) is 12.7. The first-order chi connectivity index (χ1) is 12.1. The number of nitrogens with one attached hydrogen (secondary N) is 1. The zero-order chi connectivity index (χ0) is 17.8. The van der Waals surface area contributed by atoms with Crippen LogP contribution >= 0.6 is 0 Å². The van der Waals surface area contributed by atoms with Crippen LogP contribution in [0.3, 0.4) is 0 Å². The van der Waals surface area contributed by atoms with Crippen molar-refractivity contribution < 1.29 is 18.7 Å². The highest BCUT2D eigenvalue weighted by Crippen LogP contribution is 2.28. The summed E-state index contributed by atoms with van der Waals surface area (Å²) in [6.07, 6.45) is 1.58. The third kappa shape index (κ3) is 3.47. The molecule has 6 nitrogen and oxygen atoms in total. The Morgan fingerprint density at radius 2 is 2.00 bits per heavy atom. The number of rotatable bonds is 5. The van der Waals surface area contributed by atoms with Gasteiger partial charge in [-0.25, -0.2) is 5.43 Å². The van der Waals surface area contributed by atoms with Crippen molar-refractivity contribution in [3.8, 4) is 11.5 Å². The largest absolute Gasteiger partial charge is 0.497 e. The summed E-state index contributed by atoms with van der Waals surface area (Å²) < 4.78 is 16.0. The number of fused-ring (bicyclic) bond motifs is 1. The lowest BCUT2D eigenvalue weighted by molar-refractivity contribution is 0.0929. The molecule has 1 amide bonds. The van der Waals surface area contributed by atoms with Gasteiger partial charge >= 0.3 is 5.91 Å². The van der Waals surface area contributed by atoms with Gasteiger partial charge < -0.3 is 13.9 Å². The molecule has 3 aromatic rings. The number of hydrogen-bond acceptors (Lipinski definition) is 5. The highest BCUT2D eigenvalue weighted by Gasteiger charge is 2.14. The van der Waals surface area contributed by atoms with Gasteiger partial charge in [0.25, 0.3) is 0 Å². The molecule has 1 aromatic heterocycles. The molecular formula is C19H18N2O4. The van der Waals surface area contributed by atoms with Crippen molar-refractivity contribution in [2.24, 2.45) is 5.10 Å². The first-order valence-electron chi connectivity index (χ1n) is 7.67. The summed E-state index contributed by atoms with van der Waals surface area (Å²) in [5.41, 5.74) is 4.87. The molecule has 0 saturated carbocycles. The number of benzene rings is 2. The van der Waals surface area contributed by atoms with Crippen molar-refractivity contribution in [3.05, 3.63) is 59.4 Å². The number of hydrogen-bond donors (Lipinski definition) is 1. The fraction of sp³-hybridized carbons (Fsp3) is 0.158. The minimum absolute atomic E-state index is 0.170. The van der Waals surface area contributed by atoms with Gasteiger partial charge in [-0.05, 0) is 48.4 Å². The number of hydrazone groups is 1. The van der Waals surface area contributed by atoms with Crippen LogP contribution in [-0.2, 0) is 0 Å². The number of carbonyl (C=O) groups is 1. The fourth-order valence-corrected chi connectivity index (χ4v) is 2.44. The summed E-state index contributed by atoms with van der Waals surface area (Å²) in [5.74, 6) is 1.09. The van der Waals surface area contributed by atoms with E-state index in [1.807, 2.05) is 37.3 Å². The van der Waals surface area contributed by atoms with Crippen molar-refractivity contribution in [1.82, 2.24) is 5.43 Å². The third-order valence-corrected chi connectivity index (χ3v) is 3.80. The standard InChI is InChI=1S/C19H18N2O4/c1-12-9-15(23-2)8-7-14(12)11-20-21-19(22)17-10-13-5-4-6-16(24-3)18(13)25-17/h4-11H,1-3H3,(H,21,22)/b20-11-. The van der Waals surface area contributed by atoms with Gasteiger partial charge in [-0.15, -0.1) is 0 Å². The highest BCUT2D eigenvalue weighted by atomic mass is 16.5. The lowest BCUT2D eigenvalue weighted by Gasteiger charge is -2.03. The molecule has 0 radical (unpaired) electrons. The van der Waals surface area contributed by atoms with E-state index in [-0.39, 0.29) is 5.76 Å². The van der Waals surface area contributed by atoms with E-state index < -0.39 is 5.91 Å². The van der Waals surface area contributed by atoms with Crippen LogP contribution in [0.25, 0.3) is 11.0 Å². The monoisotopic (exact) mass is 338 g/mol. The molecule has 1 N–H and O–H groups in total. The minimum atomic E-state index is -0.430. The van der Waals surface area contributed by atoms with Gasteiger partial charge in [0.05, 0.1) is 20.4 Å². The van der Waals surface area contributed by atoms with Crippen molar-refractivity contribution in [1.29, 1.82) is 0 Å². The number of carbonyl (C=O) groups excluding carboxylic acids is 1. The number of furan rings is 1. The number of amides is 1. The first kappa shape index (κ1) is 16.6. The lowest BCUT2D eigenvalue weighted by atomic mass is 10.1. The first-order valence-corrected chi connectivity index (χ1v) is 7.67. The molecule has 128 valence electrons. The molecule has 0 saturated heterocycles. The molecular weight excluding hydrogens is 320 g/mol. The summed E-state index contributed by atoms with van der Waals surface area (Å²) in [6.45, 7) is 1.94. The van der Waals surface area contributed by atoms with Crippen LogP contribution in [0.2, 0.25) is 0 Å². The molecule has 0 atom stereocenters. The molecule has 6 heteroatoms. The maximum atomic E-state index is 12.2. The number of aryl methyl sites for hydroxylation is 1. The quantitative estimate of drug-likeness (QED) is 0.571. The minimum Gasteiger partial charge on any atom is -0.497 e. The maximum Gasteiger partial charge on any atom is 0.307 e. The van der Waals surface area contributed by atoms with Gasteiger partial charge in [0.15, 0.2) is 17.1 Å². The van der Waals surface area contributed by atoms with E-state index in [2.05, 4.69) is 10.5 Å². The number of para-hydroxylation sites is 1. The normalized spacial score (nSPS) is 11.0. The molecule has 0 spiro atoms. The molecule has 1 heterocycles. The number of methoxy groups -OCH3 is 2. The average molecular weight is 338 g/mol. The molecule has 3 rings (SSSR count). The highest BCUT2D eigenvalue weighted by molar-refractivity contribution is 5.97. The molecule has 25 heavy (non-hydrogen) atoms. The van der Waals surface area contributed by atoms with Gasteiger partial charge in [0.2, 0.25) is 0 Å². The fourth-order valence-electron chi connectivity index (χ4n) is 2.44. The molecule has 0 aliphatic carbocycles. The molecule has 0 fully saturated rings. The van der Waals surface area contributed by atoms with Crippen LogP contribution in [0.1, 0.15) is 21.7 Å². The number of ether oxygens (including phenoxy) is 2. The topological polar surface area (TPSA) is 73.1 Å². The molecule has 0 unspecified atom stereocenters. The summed E-state index contributed by atoms with van der Waals surface area (Å²) in [5, 5.41) is 4.78. The van der Waals surface area contributed by atoms with Crippen LogP contribution in [0, 0.1) is 6.92 Å². The van der Waals surface area contributed by atoms with E-state index in [0.29, 0.717) is 11.3 Å². The van der Waals surface area contributed by atoms with E-state index in [9.17, 15) is 4.79 Å². The van der Waals surface area contributed by atoms with Crippen LogP contribution in [0.5, 0.6) is 11.5 Å². The smallest absolute Gasteiger partial charge is 0.307 e. The van der Waals surface area contributed by atoms with Crippen LogP contribution in [0.15, 0.2) is 52.0 Å². The Balaban J connectivity index is 1.74. The van der Waals surface area contributed by atoms with E-state index in [0.717, 1.165) is 22.3 Å². The van der Waals surface area contributed by atoms with E-state index in [4.69, 9.17) is 13.9 Å². The van der Waals surface area contributed by atoms with Gasteiger partial charge in [-0.2, -0.15) is 5.10 Å². The molecule has 0 aliphatic rings. The predicted molar refractivity (Wildman–Crippen MR) is 95.6 cm³/mol. The summed E-state index contributed by atoms with van der Waals surface area (Å²) in [7, 11) is 3.17. The van der Waals surface area contributed by atoms with Crippen molar-refractivity contribution in [2.75, 3.05) is 14.2 Å². The van der Waals surface area contributed by atoms with E-state index in [1.54, 1.807) is 32.6 Å². The Hall–Kier alpha value is -3.28. The Labute approximate surface area is 145 Å². The van der Waals surface area contributed by atoms with Gasteiger partial charge in [-0.1, -0.05) is 12.1 Å². The average Bonchev–Trinajstić information content (AvgIpc) is 3.07. The third-order valence-electron chi connectivity index (χ3n) is 3.80. The molecule has 0 bridgehead atoms. The van der Waals surface area contributed by atoms with Crippen molar-refractivity contribution >= 4 is 23.1 Å². The predicted octanol–water partition coefficient (Wildman–Crippen LogP) is 3.52. The Morgan fingerprint density at radius 1 is 1.16 bits per heavy atom. The zero-order valence-corrected chi connectivity index (χ0v) is 14.2. The van der Waals surface area contributed by atoms with Crippen LogP contribution in [0.4, 0.5) is 0 Å². The Morgan fingerprint density at radius 3 is 2.72 bits per heavy atom. The lowest BCUT2D eigenvalue weighted by Crippen LogP contribution is -2.16. The maximum absolute atomic E-state index is 12.2. The van der Waals surface area contributed by atoms with E-state index in [1.165, 1.54) is 0 Å². The van der Waals surface area contributed by atoms with Gasteiger partial charge in [0, 0.05) is 5.39 Å². The molecule has 0 aliphatic heterocycles. The number of nitrogens with zero attached hydrogens (tertiary/aromatic N) is 1. The second-order valence-electron chi connectivity index (χ2n) is 5.41. The molecule has 2 aromatic carbocycles. The van der Waals surface area contributed by atoms with Crippen molar-refractivity contribution in [3.63, 3.8) is 0 Å². The SMILES string of the molecule is COc1ccc(/C=N\NC(=O)c2cc3cccc(OC)c3o2)c(C)c1. The van der Waals surface area contributed by atoms with Gasteiger partial charge in [0.1, 0.15) is 5.75 Å². The second kappa shape index (κ2) is 7.09. The Kier molecular flexibility index (Phi) is 4.70. The van der Waals surface area contributed by atoms with Crippen LogP contribution < -0.4 is 14.9 Å². The summed E-state index contributed by atoms with van der Waals surface area (Å²) >= 11 is 0. The van der Waals surface area contributed by atoms with E-state index >= 15 is 0 Å². The summed E-state index contributed by atoms with van der Waals surface area (Å²) in [4.78, 5) is 12.2. The second-order valence-corrected chi connectivity index (χ2v) is 5.41. The van der Waals surface area contributed by atoms with Crippen LogP contribution in [-0.4, -0.2) is 26.3 Å². The Bertz CT molecular complexity index is 944. The van der Waals surface area contributed by atoms with Crippen molar-refractivity contribution in [2.45, 2.75) is 6.92 Å². The van der Waals surface area contributed by atoms with Gasteiger partial charge in [-0.3, -0.25) is 4.79 Å². The zero-order valence-electron chi connectivity index (χ0n) is 14.2.